The Bertz CT molecular complexity index is 261. The topological polar surface area (TPSA) is 55.1 Å². The van der Waals surface area contributed by atoms with Crippen molar-refractivity contribution in [3.8, 4) is 0 Å². The first kappa shape index (κ1) is 16.8. The summed E-state index contributed by atoms with van der Waals surface area (Å²) in [7, 11) is 0. The number of hydrogen-bond donors (Lipinski definition) is 2. The fourth-order valence-corrected chi connectivity index (χ4v) is 3.57. The predicted octanol–water partition coefficient (Wildman–Crippen LogP) is 3.01. The van der Waals surface area contributed by atoms with Crippen LogP contribution in [0, 0.1) is 11.8 Å². The fraction of sp³-hybridized carbons (Fsp3) is 0.933. The molecule has 0 spiro atoms. The number of amides is 1. The highest BCUT2D eigenvalue weighted by Gasteiger charge is 2.27. The second kappa shape index (κ2) is 8.80. The number of hydrogen-bond acceptors (Lipinski definition) is 2. The molecule has 0 saturated heterocycles. The Morgan fingerprint density at radius 2 is 1.53 bits per heavy atom. The van der Waals surface area contributed by atoms with Gasteiger partial charge in [0, 0.05) is 18.5 Å². The van der Waals surface area contributed by atoms with Crippen LogP contribution in [-0.4, -0.2) is 18.5 Å². The second-order valence-electron chi connectivity index (χ2n) is 6.08. The van der Waals surface area contributed by atoms with Gasteiger partial charge in [-0.2, -0.15) is 0 Å². The van der Waals surface area contributed by atoms with E-state index in [4.69, 9.17) is 5.73 Å². The van der Waals surface area contributed by atoms with Gasteiger partial charge in [-0.1, -0.05) is 38.5 Å². The third-order valence-electron chi connectivity index (χ3n) is 4.78. The molecular formula is C15H29ClN2O. The molecule has 4 heteroatoms. The van der Waals surface area contributed by atoms with Crippen LogP contribution in [0.3, 0.4) is 0 Å². The van der Waals surface area contributed by atoms with Crippen molar-refractivity contribution in [3.05, 3.63) is 0 Å². The molecule has 2 fully saturated rings. The molecular weight excluding hydrogens is 260 g/mol. The van der Waals surface area contributed by atoms with E-state index in [0.29, 0.717) is 12.5 Å². The molecule has 2 aliphatic carbocycles. The van der Waals surface area contributed by atoms with Crippen molar-refractivity contribution >= 4 is 18.3 Å². The molecule has 112 valence electrons. The van der Waals surface area contributed by atoms with Gasteiger partial charge in [0.05, 0.1) is 0 Å². The van der Waals surface area contributed by atoms with E-state index >= 15 is 0 Å². The maximum absolute atomic E-state index is 12.2. The molecule has 0 aromatic rings. The van der Waals surface area contributed by atoms with Crippen LogP contribution >= 0.6 is 12.4 Å². The van der Waals surface area contributed by atoms with Crippen molar-refractivity contribution in [2.45, 2.75) is 70.3 Å². The summed E-state index contributed by atoms with van der Waals surface area (Å²) < 4.78 is 0. The van der Waals surface area contributed by atoms with Gasteiger partial charge in [0.1, 0.15) is 0 Å². The summed E-state index contributed by atoms with van der Waals surface area (Å²) in [6.45, 7) is 0.600. The van der Waals surface area contributed by atoms with Gasteiger partial charge < -0.3 is 11.1 Å². The minimum atomic E-state index is 0. The van der Waals surface area contributed by atoms with Gasteiger partial charge in [-0.05, 0) is 31.6 Å². The molecule has 1 unspecified atom stereocenters. The van der Waals surface area contributed by atoms with E-state index in [1.54, 1.807) is 0 Å². The van der Waals surface area contributed by atoms with Gasteiger partial charge in [-0.25, -0.2) is 0 Å². The van der Waals surface area contributed by atoms with E-state index in [0.717, 1.165) is 12.8 Å². The average molecular weight is 289 g/mol. The van der Waals surface area contributed by atoms with Crippen molar-refractivity contribution in [2.24, 2.45) is 17.6 Å². The minimum Gasteiger partial charge on any atom is -0.352 e. The Kier molecular flexibility index (Phi) is 7.77. The van der Waals surface area contributed by atoms with Gasteiger partial charge in [0.25, 0.3) is 0 Å². The van der Waals surface area contributed by atoms with Crippen LogP contribution in [0.15, 0.2) is 0 Å². The van der Waals surface area contributed by atoms with E-state index in [1.807, 2.05) is 0 Å². The van der Waals surface area contributed by atoms with Crippen molar-refractivity contribution in [1.82, 2.24) is 5.32 Å². The van der Waals surface area contributed by atoms with Crippen LogP contribution in [0.5, 0.6) is 0 Å². The van der Waals surface area contributed by atoms with E-state index in [2.05, 4.69) is 5.32 Å². The molecule has 0 heterocycles. The Balaban J connectivity index is 0.00000180. The van der Waals surface area contributed by atoms with Crippen molar-refractivity contribution in [2.75, 3.05) is 6.54 Å². The van der Waals surface area contributed by atoms with Crippen molar-refractivity contribution in [3.63, 3.8) is 0 Å². The third kappa shape index (κ3) is 4.96. The van der Waals surface area contributed by atoms with Crippen LogP contribution in [-0.2, 0) is 4.79 Å². The van der Waals surface area contributed by atoms with Crippen LogP contribution in [0.2, 0.25) is 0 Å². The van der Waals surface area contributed by atoms with Gasteiger partial charge in [0.15, 0.2) is 0 Å². The van der Waals surface area contributed by atoms with E-state index in [1.165, 1.54) is 51.4 Å². The molecule has 1 atom stereocenters. The molecule has 2 saturated carbocycles. The van der Waals surface area contributed by atoms with E-state index in [-0.39, 0.29) is 30.3 Å². The number of nitrogens with one attached hydrogen (secondary N) is 1. The SMILES string of the molecule is Cl.NCC(NC(=O)C1CCCCC1)C1CCCCC1. The molecule has 2 rings (SSSR count). The van der Waals surface area contributed by atoms with E-state index in [9.17, 15) is 4.79 Å². The lowest BCUT2D eigenvalue weighted by Gasteiger charge is -2.32. The molecule has 0 aliphatic heterocycles. The highest BCUT2D eigenvalue weighted by molar-refractivity contribution is 5.85. The monoisotopic (exact) mass is 288 g/mol. The quantitative estimate of drug-likeness (QED) is 0.835. The van der Waals surface area contributed by atoms with Crippen molar-refractivity contribution < 1.29 is 4.79 Å². The normalized spacial score (nSPS) is 23.4. The molecule has 3 N–H and O–H groups in total. The zero-order valence-corrected chi connectivity index (χ0v) is 12.7. The Hall–Kier alpha value is -0.280. The lowest BCUT2D eigenvalue weighted by molar-refractivity contribution is -0.127. The maximum atomic E-state index is 12.2. The second-order valence-corrected chi connectivity index (χ2v) is 6.08. The first-order valence-electron chi connectivity index (χ1n) is 7.81. The highest BCUT2D eigenvalue weighted by Crippen LogP contribution is 2.28. The number of nitrogens with two attached hydrogens (primary N) is 1. The minimum absolute atomic E-state index is 0. The van der Waals surface area contributed by atoms with Gasteiger partial charge in [-0.15, -0.1) is 12.4 Å². The number of halogens is 1. The summed E-state index contributed by atoms with van der Waals surface area (Å²) in [6.07, 6.45) is 12.3. The molecule has 0 radical (unpaired) electrons. The third-order valence-corrected chi connectivity index (χ3v) is 4.78. The van der Waals surface area contributed by atoms with Crippen LogP contribution < -0.4 is 11.1 Å². The van der Waals surface area contributed by atoms with Crippen molar-refractivity contribution in [1.29, 1.82) is 0 Å². The fourth-order valence-electron chi connectivity index (χ4n) is 3.57. The maximum Gasteiger partial charge on any atom is 0.223 e. The average Bonchev–Trinajstić information content (AvgIpc) is 2.46. The molecule has 1 amide bonds. The molecule has 2 aliphatic rings. The smallest absolute Gasteiger partial charge is 0.223 e. The predicted molar refractivity (Wildman–Crippen MR) is 81.4 cm³/mol. The summed E-state index contributed by atoms with van der Waals surface area (Å²) in [5, 5.41) is 3.24. The van der Waals surface area contributed by atoms with Gasteiger partial charge >= 0.3 is 0 Å². The Morgan fingerprint density at radius 3 is 2.05 bits per heavy atom. The Morgan fingerprint density at radius 1 is 1.00 bits per heavy atom. The first-order chi connectivity index (χ1) is 8.81. The standard InChI is InChI=1S/C15H28N2O.ClH/c16-11-14(12-7-3-1-4-8-12)17-15(18)13-9-5-2-6-10-13;/h12-14H,1-11,16H2,(H,17,18);1H. The zero-order chi connectivity index (χ0) is 12.8. The van der Waals surface area contributed by atoms with Crippen LogP contribution in [0.1, 0.15) is 64.2 Å². The van der Waals surface area contributed by atoms with E-state index < -0.39 is 0 Å². The molecule has 0 aromatic carbocycles. The Labute approximate surface area is 123 Å². The lowest BCUT2D eigenvalue weighted by Crippen LogP contribution is -2.48. The number of rotatable bonds is 4. The molecule has 3 nitrogen and oxygen atoms in total. The lowest BCUT2D eigenvalue weighted by atomic mass is 9.83. The molecule has 0 bridgehead atoms. The van der Waals surface area contributed by atoms with Gasteiger partial charge in [-0.3, -0.25) is 4.79 Å². The summed E-state index contributed by atoms with van der Waals surface area (Å²) in [5.41, 5.74) is 5.87. The summed E-state index contributed by atoms with van der Waals surface area (Å²) in [4.78, 5) is 12.2. The number of carbonyl (C=O) groups excluding carboxylic acids is 1. The molecule has 0 aromatic heterocycles. The summed E-state index contributed by atoms with van der Waals surface area (Å²) >= 11 is 0. The van der Waals surface area contributed by atoms with Gasteiger partial charge in [0.2, 0.25) is 5.91 Å². The first-order valence-corrected chi connectivity index (χ1v) is 7.81. The van der Waals surface area contributed by atoms with Crippen LogP contribution in [0.25, 0.3) is 0 Å². The highest BCUT2D eigenvalue weighted by atomic mass is 35.5. The zero-order valence-electron chi connectivity index (χ0n) is 11.9. The number of carbonyl (C=O) groups is 1. The molecule has 19 heavy (non-hydrogen) atoms. The summed E-state index contributed by atoms with van der Waals surface area (Å²) in [6, 6.07) is 0.222. The van der Waals surface area contributed by atoms with Crippen LogP contribution in [0.4, 0.5) is 0 Å². The summed E-state index contributed by atoms with van der Waals surface area (Å²) in [5.74, 6) is 1.16. The largest absolute Gasteiger partial charge is 0.352 e.